The molecular formula is C11H23N3. The number of rotatable bonds is 5. The zero-order valence-corrected chi connectivity index (χ0v) is 9.50. The van der Waals surface area contributed by atoms with Crippen molar-refractivity contribution < 1.29 is 0 Å². The summed E-state index contributed by atoms with van der Waals surface area (Å²) in [4.78, 5) is 4.90. The molecule has 0 aliphatic carbocycles. The average Bonchev–Trinajstić information content (AvgIpc) is 2.21. The van der Waals surface area contributed by atoms with Gasteiger partial charge in [-0.1, -0.05) is 6.08 Å². The van der Waals surface area contributed by atoms with E-state index in [0.29, 0.717) is 6.04 Å². The zero-order valence-electron chi connectivity index (χ0n) is 9.50. The third kappa shape index (κ3) is 4.22. The molecule has 14 heavy (non-hydrogen) atoms. The zero-order chi connectivity index (χ0) is 10.4. The first-order valence-electron chi connectivity index (χ1n) is 5.49. The number of likely N-dealkylation sites (N-methyl/N-ethyl adjacent to an activating group) is 1. The van der Waals surface area contributed by atoms with Crippen LogP contribution in [0.4, 0.5) is 0 Å². The monoisotopic (exact) mass is 197 g/mol. The molecule has 0 bridgehead atoms. The Labute approximate surface area is 87.8 Å². The SMILES string of the molecule is C=CC(C)NCCN1CCN(C)CC1. The van der Waals surface area contributed by atoms with Crippen molar-refractivity contribution in [1.29, 1.82) is 0 Å². The van der Waals surface area contributed by atoms with Gasteiger partial charge in [0.15, 0.2) is 0 Å². The van der Waals surface area contributed by atoms with E-state index in [9.17, 15) is 0 Å². The van der Waals surface area contributed by atoms with Crippen LogP contribution in [0.3, 0.4) is 0 Å². The third-order valence-electron chi connectivity index (χ3n) is 2.84. The van der Waals surface area contributed by atoms with Gasteiger partial charge in [0.1, 0.15) is 0 Å². The van der Waals surface area contributed by atoms with Gasteiger partial charge in [0.05, 0.1) is 0 Å². The van der Waals surface area contributed by atoms with Gasteiger partial charge in [-0.15, -0.1) is 6.58 Å². The van der Waals surface area contributed by atoms with Crippen molar-refractivity contribution in [2.24, 2.45) is 0 Å². The van der Waals surface area contributed by atoms with Crippen LogP contribution < -0.4 is 5.32 Å². The molecule has 1 aliphatic heterocycles. The first-order valence-corrected chi connectivity index (χ1v) is 5.49. The lowest BCUT2D eigenvalue weighted by Gasteiger charge is -2.32. The van der Waals surface area contributed by atoms with Gasteiger partial charge in [0, 0.05) is 45.3 Å². The molecule has 0 spiro atoms. The molecule has 1 unspecified atom stereocenters. The summed E-state index contributed by atoms with van der Waals surface area (Å²) in [6.45, 7) is 12.9. The topological polar surface area (TPSA) is 18.5 Å². The summed E-state index contributed by atoms with van der Waals surface area (Å²) in [6, 6.07) is 0.433. The van der Waals surface area contributed by atoms with E-state index in [1.54, 1.807) is 0 Å². The summed E-state index contributed by atoms with van der Waals surface area (Å²) in [6.07, 6.45) is 1.95. The van der Waals surface area contributed by atoms with Gasteiger partial charge < -0.3 is 10.2 Å². The van der Waals surface area contributed by atoms with Gasteiger partial charge in [-0.25, -0.2) is 0 Å². The van der Waals surface area contributed by atoms with Gasteiger partial charge in [0.2, 0.25) is 0 Å². The molecule has 1 atom stereocenters. The molecule has 0 radical (unpaired) electrons. The van der Waals surface area contributed by atoms with Crippen molar-refractivity contribution >= 4 is 0 Å². The Balaban J connectivity index is 2.04. The maximum Gasteiger partial charge on any atom is 0.0219 e. The third-order valence-corrected chi connectivity index (χ3v) is 2.84. The Bertz CT molecular complexity index is 162. The van der Waals surface area contributed by atoms with Gasteiger partial charge in [-0.2, -0.15) is 0 Å². The number of nitrogens with one attached hydrogen (secondary N) is 1. The molecule has 3 nitrogen and oxygen atoms in total. The first-order chi connectivity index (χ1) is 6.72. The molecule has 0 aromatic rings. The lowest BCUT2D eigenvalue weighted by Crippen LogP contribution is -2.47. The highest BCUT2D eigenvalue weighted by molar-refractivity contribution is 4.81. The van der Waals surface area contributed by atoms with Crippen LogP contribution in [0.5, 0.6) is 0 Å². The van der Waals surface area contributed by atoms with Gasteiger partial charge in [0.25, 0.3) is 0 Å². The fourth-order valence-corrected chi connectivity index (χ4v) is 1.61. The standard InChI is InChI=1S/C11H23N3/c1-4-11(2)12-5-6-14-9-7-13(3)8-10-14/h4,11-12H,1,5-10H2,2-3H3. The number of piperazine rings is 1. The second-order valence-corrected chi connectivity index (χ2v) is 4.12. The van der Waals surface area contributed by atoms with Gasteiger partial charge in [-0.05, 0) is 14.0 Å². The predicted molar refractivity (Wildman–Crippen MR) is 61.6 cm³/mol. The summed E-state index contributed by atoms with van der Waals surface area (Å²) in [5.74, 6) is 0. The summed E-state index contributed by atoms with van der Waals surface area (Å²) in [5, 5.41) is 3.42. The Hall–Kier alpha value is -0.380. The van der Waals surface area contributed by atoms with Crippen molar-refractivity contribution in [1.82, 2.24) is 15.1 Å². The van der Waals surface area contributed by atoms with Crippen LogP contribution in [0.25, 0.3) is 0 Å². The van der Waals surface area contributed by atoms with E-state index in [4.69, 9.17) is 0 Å². The molecule has 82 valence electrons. The van der Waals surface area contributed by atoms with E-state index in [-0.39, 0.29) is 0 Å². The van der Waals surface area contributed by atoms with Crippen molar-refractivity contribution in [3.63, 3.8) is 0 Å². The minimum atomic E-state index is 0.433. The molecule has 1 aliphatic rings. The smallest absolute Gasteiger partial charge is 0.0219 e. The molecular weight excluding hydrogens is 174 g/mol. The summed E-state index contributed by atoms with van der Waals surface area (Å²) in [5.41, 5.74) is 0. The maximum atomic E-state index is 3.75. The predicted octanol–water partition coefficient (Wildman–Crippen LogP) is 0.398. The second-order valence-electron chi connectivity index (χ2n) is 4.12. The Morgan fingerprint density at radius 2 is 2.00 bits per heavy atom. The maximum absolute atomic E-state index is 3.75. The fraction of sp³-hybridized carbons (Fsp3) is 0.818. The summed E-state index contributed by atoms with van der Waals surface area (Å²) in [7, 11) is 2.19. The van der Waals surface area contributed by atoms with Gasteiger partial charge in [-0.3, -0.25) is 4.90 Å². The molecule has 1 saturated heterocycles. The second kappa shape index (κ2) is 6.17. The normalized spacial score (nSPS) is 22.1. The summed E-state index contributed by atoms with van der Waals surface area (Å²) >= 11 is 0. The van der Waals surface area contributed by atoms with Crippen LogP contribution >= 0.6 is 0 Å². The first kappa shape index (κ1) is 11.7. The fourth-order valence-electron chi connectivity index (χ4n) is 1.61. The molecule has 0 aromatic heterocycles. The van der Waals surface area contributed by atoms with E-state index in [2.05, 4.69) is 35.7 Å². The molecule has 3 heteroatoms. The average molecular weight is 197 g/mol. The highest BCUT2D eigenvalue weighted by Crippen LogP contribution is 1.97. The number of hydrogen-bond donors (Lipinski definition) is 1. The molecule has 1 N–H and O–H groups in total. The van der Waals surface area contributed by atoms with Crippen molar-refractivity contribution in [3.05, 3.63) is 12.7 Å². The molecule has 1 heterocycles. The van der Waals surface area contributed by atoms with Crippen molar-refractivity contribution in [2.75, 3.05) is 46.3 Å². The highest BCUT2D eigenvalue weighted by atomic mass is 15.2. The van der Waals surface area contributed by atoms with Crippen LogP contribution in [-0.4, -0.2) is 62.2 Å². The lowest BCUT2D eigenvalue weighted by molar-refractivity contribution is 0.154. The number of hydrogen-bond acceptors (Lipinski definition) is 3. The number of nitrogens with zero attached hydrogens (tertiary/aromatic N) is 2. The van der Waals surface area contributed by atoms with Crippen molar-refractivity contribution in [2.45, 2.75) is 13.0 Å². The summed E-state index contributed by atoms with van der Waals surface area (Å²) < 4.78 is 0. The van der Waals surface area contributed by atoms with Crippen LogP contribution in [-0.2, 0) is 0 Å². The van der Waals surface area contributed by atoms with Crippen molar-refractivity contribution in [3.8, 4) is 0 Å². The Kier molecular flexibility index (Phi) is 5.15. The van der Waals surface area contributed by atoms with Gasteiger partial charge >= 0.3 is 0 Å². The Morgan fingerprint density at radius 3 is 2.57 bits per heavy atom. The minimum Gasteiger partial charge on any atom is -0.310 e. The van der Waals surface area contributed by atoms with E-state index in [1.807, 2.05) is 6.08 Å². The molecule has 1 rings (SSSR count). The highest BCUT2D eigenvalue weighted by Gasteiger charge is 2.12. The van der Waals surface area contributed by atoms with E-state index in [1.165, 1.54) is 26.2 Å². The Morgan fingerprint density at radius 1 is 1.36 bits per heavy atom. The molecule has 0 aromatic carbocycles. The van der Waals surface area contributed by atoms with Crippen LogP contribution in [0.15, 0.2) is 12.7 Å². The van der Waals surface area contributed by atoms with Crippen LogP contribution in [0.1, 0.15) is 6.92 Å². The lowest BCUT2D eigenvalue weighted by atomic mass is 10.3. The van der Waals surface area contributed by atoms with Crippen LogP contribution in [0.2, 0.25) is 0 Å². The van der Waals surface area contributed by atoms with E-state index < -0.39 is 0 Å². The van der Waals surface area contributed by atoms with E-state index >= 15 is 0 Å². The minimum absolute atomic E-state index is 0.433. The quantitative estimate of drug-likeness (QED) is 0.644. The largest absolute Gasteiger partial charge is 0.310 e. The molecule has 1 fully saturated rings. The van der Waals surface area contributed by atoms with Crippen LogP contribution in [0, 0.1) is 0 Å². The molecule has 0 amide bonds. The van der Waals surface area contributed by atoms with E-state index in [0.717, 1.165) is 13.1 Å². The molecule has 0 saturated carbocycles.